The van der Waals surface area contributed by atoms with Crippen molar-refractivity contribution in [2.75, 3.05) is 0 Å². The molecule has 1 atom stereocenters. The molecule has 24 heavy (non-hydrogen) atoms. The fourth-order valence-corrected chi connectivity index (χ4v) is 3.44. The summed E-state index contributed by atoms with van der Waals surface area (Å²) in [6.07, 6.45) is 0. The van der Waals surface area contributed by atoms with Gasteiger partial charge in [0.05, 0.1) is 6.54 Å². The molecule has 0 saturated carbocycles. The lowest BCUT2D eigenvalue weighted by molar-refractivity contribution is -0.131. The number of amides is 3. The van der Waals surface area contributed by atoms with Crippen LogP contribution in [-0.2, 0) is 31.0 Å². The third kappa shape index (κ3) is 2.28. The number of carbonyl (C=O) groups is 2. The molecular formula is C15H16N4O4S. The van der Waals surface area contributed by atoms with Crippen LogP contribution >= 0.6 is 11.3 Å². The smallest absolute Gasteiger partial charge is 0.319 e. The van der Waals surface area contributed by atoms with Gasteiger partial charge in [0, 0.05) is 25.9 Å². The van der Waals surface area contributed by atoms with Crippen molar-refractivity contribution in [3.8, 4) is 0 Å². The second-order valence-corrected chi connectivity index (χ2v) is 6.61. The number of urea groups is 1. The number of thiophene rings is 1. The lowest BCUT2D eigenvalue weighted by Crippen LogP contribution is -2.42. The molecule has 0 radical (unpaired) electrons. The van der Waals surface area contributed by atoms with Crippen molar-refractivity contribution < 1.29 is 9.59 Å². The molecule has 8 nitrogen and oxygen atoms in total. The summed E-state index contributed by atoms with van der Waals surface area (Å²) in [5.74, 6) is -0.418. The lowest BCUT2D eigenvalue weighted by atomic mass is 9.95. The Hall–Kier alpha value is -2.68. The monoisotopic (exact) mass is 348 g/mol. The first kappa shape index (κ1) is 16.2. The average Bonchev–Trinajstić information content (AvgIpc) is 3.15. The predicted molar refractivity (Wildman–Crippen MR) is 87.7 cm³/mol. The van der Waals surface area contributed by atoms with Gasteiger partial charge in [-0.3, -0.25) is 23.6 Å². The van der Waals surface area contributed by atoms with Crippen LogP contribution in [0.15, 0.2) is 32.5 Å². The van der Waals surface area contributed by atoms with Gasteiger partial charge in [-0.15, -0.1) is 0 Å². The number of nitrogens with one attached hydrogen (secondary N) is 1. The topological polar surface area (TPSA) is 93.4 Å². The minimum atomic E-state index is -1.14. The minimum absolute atomic E-state index is 0.147. The van der Waals surface area contributed by atoms with Crippen LogP contribution in [0.5, 0.6) is 0 Å². The van der Waals surface area contributed by atoms with Crippen LogP contribution in [0.1, 0.15) is 18.2 Å². The number of hydrogen-bond donors (Lipinski definition) is 1. The summed E-state index contributed by atoms with van der Waals surface area (Å²) in [5.41, 5.74) is -1.14. The van der Waals surface area contributed by atoms with Crippen molar-refractivity contribution in [2.45, 2.75) is 19.0 Å². The van der Waals surface area contributed by atoms with Crippen LogP contribution in [0.3, 0.4) is 0 Å². The first-order chi connectivity index (χ1) is 11.3. The Morgan fingerprint density at radius 1 is 1.17 bits per heavy atom. The van der Waals surface area contributed by atoms with Gasteiger partial charge >= 0.3 is 11.7 Å². The molecule has 1 fully saturated rings. The number of rotatable bonds is 3. The lowest BCUT2D eigenvalue weighted by Gasteiger charge is -2.21. The molecule has 1 aliphatic rings. The average molecular weight is 348 g/mol. The van der Waals surface area contributed by atoms with Gasteiger partial charge in [0.15, 0.2) is 0 Å². The zero-order valence-corrected chi connectivity index (χ0v) is 14.2. The van der Waals surface area contributed by atoms with E-state index in [0.717, 1.165) is 9.47 Å². The zero-order valence-electron chi connectivity index (χ0n) is 13.4. The highest BCUT2D eigenvalue weighted by Gasteiger charge is 2.49. The Balaban J connectivity index is 1.98. The van der Waals surface area contributed by atoms with Crippen LogP contribution in [0.25, 0.3) is 0 Å². The number of hydrogen-bond acceptors (Lipinski definition) is 5. The highest BCUT2D eigenvalue weighted by atomic mass is 32.1. The molecule has 9 heteroatoms. The third-order valence-corrected chi connectivity index (χ3v) is 5.00. The fraction of sp³-hybridized carbons (Fsp3) is 0.333. The summed E-state index contributed by atoms with van der Waals surface area (Å²) in [7, 11) is 2.86. The van der Waals surface area contributed by atoms with Crippen molar-refractivity contribution in [3.63, 3.8) is 0 Å². The van der Waals surface area contributed by atoms with Gasteiger partial charge in [-0.1, -0.05) is 0 Å². The van der Waals surface area contributed by atoms with E-state index in [4.69, 9.17) is 0 Å². The highest BCUT2D eigenvalue weighted by molar-refractivity contribution is 7.08. The normalized spacial score (nSPS) is 20.5. The maximum atomic E-state index is 12.8. The molecule has 2 aromatic rings. The maximum absolute atomic E-state index is 12.8. The molecule has 0 spiro atoms. The van der Waals surface area contributed by atoms with E-state index in [9.17, 15) is 19.2 Å². The molecule has 1 aliphatic heterocycles. The summed E-state index contributed by atoms with van der Waals surface area (Å²) in [6, 6.07) is 2.48. The Morgan fingerprint density at radius 3 is 2.50 bits per heavy atom. The largest absolute Gasteiger partial charge is 0.330 e. The summed E-state index contributed by atoms with van der Waals surface area (Å²) in [5, 5.41) is 6.31. The van der Waals surface area contributed by atoms with E-state index < -0.39 is 28.7 Å². The van der Waals surface area contributed by atoms with Gasteiger partial charge in [-0.25, -0.2) is 9.59 Å². The minimum Gasteiger partial charge on any atom is -0.319 e. The van der Waals surface area contributed by atoms with Gasteiger partial charge in [0.25, 0.3) is 11.5 Å². The van der Waals surface area contributed by atoms with Gasteiger partial charge in [0.1, 0.15) is 5.54 Å². The quantitative estimate of drug-likeness (QED) is 0.797. The molecule has 3 heterocycles. The number of carbonyl (C=O) groups excluding carboxylic acids is 2. The van der Waals surface area contributed by atoms with Gasteiger partial charge < -0.3 is 5.32 Å². The van der Waals surface area contributed by atoms with Gasteiger partial charge in [0.2, 0.25) is 0 Å². The molecular weight excluding hydrogens is 332 g/mol. The first-order valence-electron chi connectivity index (χ1n) is 7.18. The zero-order chi connectivity index (χ0) is 17.6. The van der Waals surface area contributed by atoms with E-state index in [0.29, 0.717) is 11.3 Å². The van der Waals surface area contributed by atoms with Crippen LogP contribution in [0.2, 0.25) is 0 Å². The molecule has 1 saturated heterocycles. The van der Waals surface area contributed by atoms with Crippen molar-refractivity contribution in [1.29, 1.82) is 0 Å². The molecule has 0 aromatic carbocycles. The Morgan fingerprint density at radius 2 is 1.88 bits per heavy atom. The van der Waals surface area contributed by atoms with Crippen molar-refractivity contribution in [2.24, 2.45) is 14.1 Å². The van der Waals surface area contributed by atoms with Crippen LogP contribution in [-0.4, -0.2) is 26.0 Å². The Bertz CT molecular complexity index is 943. The second-order valence-electron chi connectivity index (χ2n) is 5.83. The summed E-state index contributed by atoms with van der Waals surface area (Å²) >= 11 is 1.43. The summed E-state index contributed by atoms with van der Waals surface area (Å²) in [4.78, 5) is 49.9. The molecule has 0 bridgehead atoms. The van der Waals surface area contributed by atoms with E-state index in [1.165, 1.54) is 36.1 Å². The van der Waals surface area contributed by atoms with Crippen LogP contribution < -0.4 is 16.6 Å². The van der Waals surface area contributed by atoms with E-state index in [-0.39, 0.29) is 6.54 Å². The van der Waals surface area contributed by atoms with E-state index >= 15 is 0 Å². The fourth-order valence-electron chi connectivity index (χ4n) is 2.68. The predicted octanol–water partition coefficient (Wildman–Crippen LogP) is 0.113. The Kier molecular flexibility index (Phi) is 3.67. The maximum Gasteiger partial charge on any atom is 0.330 e. The number of aromatic nitrogens is 2. The van der Waals surface area contributed by atoms with Crippen LogP contribution in [0.4, 0.5) is 4.79 Å². The van der Waals surface area contributed by atoms with Gasteiger partial charge in [-0.05, 0) is 29.3 Å². The van der Waals surface area contributed by atoms with Gasteiger partial charge in [-0.2, -0.15) is 11.3 Å². The standard InChI is InChI=1S/C15H16N4O4S/c1-15(9-4-5-24-8-9)12(21)19(13(22)16-15)7-10-6-11(20)18(3)14(23)17(10)2/h4-6,8H,7H2,1-3H3,(H,16,22). The SMILES string of the molecule is Cn1c(CN2C(=O)NC(C)(c3ccsc3)C2=O)cc(=O)n(C)c1=O. The summed E-state index contributed by atoms with van der Waals surface area (Å²) in [6.45, 7) is 1.49. The molecule has 1 N–H and O–H groups in total. The number of imide groups is 1. The second kappa shape index (κ2) is 5.45. The van der Waals surface area contributed by atoms with E-state index in [2.05, 4.69) is 5.32 Å². The summed E-state index contributed by atoms with van der Waals surface area (Å²) < 4.78 is 2.22. The first-order valence-corrected chi connectivity index (χ1v) is 8.12. The van der Waals surface area contributed by atoms with E-state index in [1.807, 2.05) is 5.38 Å². The highest BCUT2D eigenvalue weighted by Crippen LogP contribution is 2.30. The molecule has 3 amide bonds. The van der Waals surface area contributed by atoms with Crippen molar-refractivity contribution in [3.05, 3.63) is 55.0 Å². The molecule has 0 aliphatic carbocycles. The molecule has 3 rings (SSSR count). The molecule has 1 unspecified atom stereocenters. The van der Waals surface area contributed by atoms with Crippen LogP contribution in [0, 0.1) is 0 Å². The van der Waals surface area contributed by atoms with Crippen molar-refractivity contribution in [1.82, 2.24) is 19.4 Å². The Labute approximate surface area is 140 Å². The number of nitrogens with zero attached hydrogens (tertiary/aromatic N) is 3. The third-order valence-electron chi connectivity index (χ3n) is 4.32. The molecule has 2 aromatic heterocycles. The molecule has 126 valence electrons. The van der Waals surface area contributed by atoms with Crippen molar-refractivity contribution >= 4 is 23.3 Å². The van der Waals surface area contributed by atoms with E-state index in [1.54, 1.807) is 18.4 Å².